The van der Waals surface area contributed by atoms with Crippen molar-refractivity contribution in [3.63, 3.8) is 0 Å². The SMILES string of the molecule is COc1cc2c(cc1OC)CC1c3cc(OC)c(OC)cc3CN1C(C#N)C2. The first-order valence-electron chi connectivity index (χ1n) is 9.27. The molecule has 146 valence electrons. The first-order chi connectivity index (χ1) is 13.6. The van der Waals surface area contributed by atoms with Crippen LogP contribution in [0.3, 0.4) is 0 Å². The van der Waals surface area contributed by atoms with Crippen LogP contribution in [0.4, 0.5) is 0 Å². The molecule has 2 aliphatic rings. The Morgan fingerprint density at radius 2 is 1.29 bits per heavy atom. The van der Waals surface area contributed by atoms with Crippen LogP contribution in [0.1, 0.15) is 28.3 Å². The van der Waals surface area contributed by atoms with Crippen LogP contribution in [0.2, 0.25) is 0 Å². The van der Waals surface area contributed by atoms with Crippen molar-refractivity contribution in [1.29, 1.82) is 5.26 Å². The monoisotopic (exact) mass is 380 g/mol. The number of nitriles is 1. The Kier molecular flexibility index (Phi) is 4.78. The van der Waals surface area contributed by atoms with Crippen LogP contribution in [-0.2, 0) is 19.4 Å². The van der Waals surface area contributed by atoms with Gasteiger partial charge in [-0.15, -0.1) is 0 Å². The molecule has 0 saturated heterocycles. The van der Waals surface area contributed by atoms with Gasteiger partial charge in [0.2, 0.25) is 0 Å². The summed E-state index contributed by atoms with van der Waals surface area (Å²) in [6.45, 7) is 0.723. The van der Waals surface area contributed by atoms with E-state index < -0.39 is 0 Å². The quantitative estimate of drug-likeness (QED) is 0.811. The molecule has 0 aliphatic carbocycles. The van der Waals surface area contributed by atoms with Crippen molar-refractivity contribution in [3.8, 4) is 29.1 Å². The first kappa shape index (κ1) is 18.5. The maximum absolute atomic E-state index is 9.90. The molecule has 0 saturated carbocycles. The number of nitrogens with zero attached hydrogens (tertiary/aromatic N) is 2. The molecular weight excluding hydrogens is 356 g/mol. The van der Waals surface area contributed by atoms with Crippen molar-refractivity contribution in [3.05, 3.63) is 46.5 Å². The van der Waals surface area contributed by atoms with E-state index in [1.165, 1.54) is 16.7 Å². The molecule has 2 aliphatic heterocycles. The Labute approximate surface area is 165 Å². The molecule has 0 spiro atoms. The lowest BCUT2D eigenvalue weighted by atomic mass is 9.94. The van der Waals surface area contributed by atoms with Crippen molar-refractivity contribution < 1.29 is 18.9 Å². The Morgan fingerprint density at radius 1 is 0.786 bits per heavy atom. The molecule has 2 aromatic carbocycles. The number of hydrogen-bond donors (Lipinski definition) is 0. The van der Waals surface area contributed by atoms with E-state index in [0.29, 0.717) is 23.7 Å². The van der Waals surface area contributed by atoms with Crippen LogP contribution >= 0.6 is 0 Å². The van der Waals surface area contributed by atoms with E-state index in [4.69, 9.17) is 18.9 Å². The molecule has 0 amide bonds. The van der Waals surface area contributed by atoms with Crippen LogP contribution in [0.5, 0.6) is 23.0 Å². The minimum absolute atomic E-state index is 0.110. The molecule has 2 unspecified atom stereocenters. The molecule has 4 rings (SSSR count). The maximum atomic E-state index is 9.90. The highest BCUT2D eigenvalue weighted by Gasteiger charge is 2.39. The van der Waals surface area contributed by atoms with Gasteiger partial charge < -0.3 is 18.9 Å². The summed E-state index contributed by atoms with van der Waals surface area (Å²) in [6, 6.07) is 10.5. The molecule has 0 N–H and O–H groups in total. The van der Waals surface area contributed by atoms with Gasteiger partial charge >= 0.3 is 0 Å². The van der Waals surface area contributed by atoms with Crippen LogP contribution in [-0.4, -0.2) is 39.4 Å². The van der Waals surface area contributed by atoms with Crippen LogP contribution < -0.4 is 18.9 Å². The second-order valence-corrected chi connectivity index (χ2v) is 7.12. The zero-order valence-electron chi connectivity index (χ0n) is 16.6. The van der Waals surface area contributed by atoms with Crippen LogP contribution in [0, 0.1) is 11.3 Å². The minimum atomic E-state index is -0.214. The van der Waals surface area contributed by atoms with E-state index in [-0.39, 0.29) is 12.1 Å². The molecule has 0 fully saturated rings. The Morgan fingerprint density at radius 3 is 1.82 bits per heavy atom. The lowest BCUT2D eigenvalue weighted by molar-refractivity contribution is 0.184. The van der Waals surface area contributed by atoms with Gasteiger partial charge in [0.1, 0.15) is 6.04 Å². The zero-order chi connectivity index (χ0) is 19.8. The minimum Gasteiger partial charge on any atom is -0.493 e. The predicted octanol–water partition coefficient (Wildman–Crippen LogP) is 3.27. The molecule has 0 aromatic heterocycles. The summed E-state index contributed by atoms with van der Waals surface area (Å²) in [5.41, 5.74) is 4.71. The van der Waals surface area contributed by atoms with E-state index in [9.17, 15) is 5.26 Å². The van der Waals surface area contributed by atoms with Crippen molar-refractivity contribution in [2.24, 2.45) is 0 Å². The lowest BCUT2D eigenvalue weighted by Gasteiger charge is -2.26. The summed E-state index contributed by atoms with van der Waals surface area (Å²) in [6.07, 6.45) is 1.46. The van der Waals surface area contributed by atoms with Gasteiger partial charge in [-0.25, -0.2) is 0 Å². The summed E-state index contributed by atoms with van der Waals surface area (Å²) in [4.78, 5) is 2.28. The highest BCUT2D eigenvalue weighted by atomic mass is 16.5. The first-order valence-corrected chi connectivity index (χ1v) is 9.27. The maximum Gasteiger partial charge on any atom is 0.161 e. The van der Waals surface area contributed by atoms with E-state index in [0.717, 1.165) is 24.3 Å². The zero-order valence-corrected chi connectivity index (χ0v) is 16.6. The normalized spacial score (nSPS) is 20.2. The average Bonchev–Trinajstić information content (AvgIpc) is 2.99. The van der Waals surface area contributed by atoms with Gasteiger partial charge in [0, 0.05) is 19.0 Å². The number of fused-ring (bicyclic) bond motifs is 4. The molecule has 28 heavy (non-hydrogen) atoms. The Hall–Kier alpha value is -2.91. The molecule has 0 bridgehead atoms. The highest BCUT2D eigenvalue weighted by molar-refractivity contribution is 5.53. The van der Waals surface area contributed by atoms with Gasteiger partial charge in [-0.1, -0.05) is 0 Å². The molecular formula is C22H24N2O4. The van der Waals surface area contributed by atoms with Crippen LogP contribution in [0.15, 0.2) is 24.3 Å². The summed E-state index contributed by atoms with van der Waals surface area (Å²) in [7, 11) is 6.57. The van der Waals surface area contributed by atoms with Gasteiger partial charge in [0.25, 0.3) is 0 Å². The second kappa shape index (κ2) is 7.25. The number of methoxy groups -OCH3 is 4. The fourth-order valence-electron chi connectivity index (χ4n) is 4.42. The third-order valence-corrected chi connectivity index (χ3v) is 5.84. The fraction of sp³-hybridized carbons (Fsp3) is 0.409. The van der Waals surface area contributed by atoms with Gasteiger partial charge in [0.05, 0.1) is 34.5 Å². The Bertz CT molecular complexity index is 951. The van der Waals surface area contributed by atoms with E-state index in [1.54, 1.807) is 28.4 Å². The summed E-state index contributed by atoms with van der Waals surface area (Å²) in [5, 5.41) is 9.90. The molecule has 0 radical (unpaired) electrons. The van der Waals surface area contributed by atoms with Gasteiger partial charge in [0.15, 0.2) is 23.0 Å². The van der Waals surface area contributed by atoms with Crippen molar-refractivity contribution in [1.82, 2.24) is 4.90 Å². The number of hydrogen-bond acceptors (Lipinski definition) is 6. The highest BCUT2D eigenvalue weighted by Crippen LogP contribution is 2.46. The van der Waals surface area contributed by atoms with Gasteiger partial charge in [-0.3, -0.25) is 4.90 Å². The standard InChI is InChI=1S/C22H24N2O4/c1-25-19-7-13-5-16(11-23)24-12-15-9-21(27-3)22(28-4)10-17(15)18(24)6-14(13)8-20(19)26-2/h7-10,16,18H,5-6,12H2,1-4H3. The van der Waals surface area contributed by atoms with E-state index in [2.05, 4.69) is 17.0 Å². The molecule has 6 nitrogen and oxygen atoms in total. The third kappa shape index (κ3) is 2.83. The van der Waals surface area contributed by atoms with Crippen molar-refractivity contribution in [2.45, 2.75) is 31.5 Å². The number of benzene rings is 2. The summed E-state index contributed by atoms with van der Waals surface area (Å²) in [5.74, 6) is 2.85. The molecule has 2 atom stereocenters. The van der Waals surface area contributed by atoms with E-state index in [1.807, 2.05) is 18.2 Å². The van der Waals surface area contributed by atoms with Crippen LogP contribution in [0.25, 0.3) is 0 Å². The van der Waals surface area contributed by atoms with Crippen molar-refractivity contribution in [2.75, 3.05) is 28.4 Å². The predicted molar refractivity (Wildman–Crippen MR) is 104 cm³/mol. The Balaban J connectivity index is 1.82. The van der Waals surface area contributed by atoms with Gasteiger partial charge in [-0.05, 0) is 52.9 Å². The topological polar surface area (TPSA) is 64.0 Å². The smallest absolute Gasteiger partial charge is 0.161 e. The molecule has 2 heterocycles. The molecule has 2 aromatic rings. The molecule has 6 heteroatoms. The van der Waals surface area contributed by atoms with E-state index >= 15 is 0 Å². The number of ether oxygens (including phenoxy) is 4. The fourth-order valence-corrected chi connectivity index (χ4v) is 4.42. The largest absolute Gasteiger partial charge is 0.493 e. The summed E-state index contributed by atoms with van der Waals surface area (Å²) >= 11 is 0. The second-order valence-electron chi connectivity index (χ2n) is 7.12. The van der Waals surface area contributed by atoms with Gasteiger partial charge in [-0.2, -0.15) is 5.26 Å². The third-order valence-electron chi connectivity index (χ3n) is 5.84. The average molecular weight is 380 g/mol. The lowest BCUT2D eigenvalue weighted by Crippen LogP contribution is -2.33. The summed E-state index contributed by atoms with van der Waals surface area (Å²) < 4.78 is 22.0. The number of rotatable bonds is 4. The van der Waals surface area contributed by atoms with Crippen molar-refractivity contribution >= 4 is 0 Å².